The molecule has 2 aliphatic rings. The molecule has 0 atom stereocenters. The van der Waals surface area contributed by atoms with Gasteiger partial charge in [-0.2, -0.15) is 0 Å². The van der Waals surface area contributed by atoms with Gasteiger partial charge in [0.25, 0.3) is 5.69 Å². The monoisotopic (exact) mass is 425 g/mol. The minimum absolute atomic E-state index is 0.0564. The van der Waals surface area contributed by atoms with E-state index in [1.54, 1.807) is 12.1 Å². The van der Waals surface area contributed by atoms with Gasteiger partial charge in [-0.15, -0.1) is 0 Å². The number of ether oxygens (including phenoxy) is 1. The van der Waals surface area contributed by atoms with Crippen LogP contribution < -0.4 is 4.74 Å². The third kappa shape index (κ3) is 4.43. The van der Waals surface area contributed by atoms with Gasteiger partial charge in [0.15, 0.2) is 5.76 Å². The van der Waals surface area contributed by atoms with Crippen LogP contribution in [0.1, 0.15) is 21.5 Å². The molecule has 9 heteroatoms. The molecule has 0 aromatic heterocycles. The van der Waals surface area contributed by atoms with Crippen LogP contribution in [0.25, 0.3) is 6.08 Å². The molecule has 0 bridgehead atoms. The van der Waals surface area contributed by atoms with Crippen LogP contribution in [0.15, 0.2) is 42.2 Å². The normalized spacial score (nSPS) is 18.2. The van der Waals surface area contributed by atoms with Gasteiger partial charge in [-0.1, -0.05) is 12.1 Å². The number of phenolic OH excluding ortho intramolecular Hbond substituents is 1. The molecule has 2 aromatic rings. The van der Waals surface area contributed by atoms with Crippen molar-refractivity contribution in [2.24, 2.45) is 0 Å². The van der Waals surface area contributed by atoms with E-state index in [0.29, 0.717) is 35.5 Å². The van der Waals surface area contributed by atoms with E-state index in [0.717, 1.165) is 26.2 Å². The third-order valence-electron chi connectivity index (χ3n) is 5.56. The lowest BCUT2D eigenvalue weighted by Crippen LogP contribution is -2.46. The van der Waals surface area contributed by atoms with E-state index in [4.69, 9.17) is 9.84 Å². The van der Waals surface area contributed by atoms with Crippen LogP contribution in [0.5, 0.6) is 11.5 Å². The van der Waals surface area contributed by atoms with Gasteiger partial charge >= 0.3 is 0 Å². The summed E-state index contributed by atoms with van der Waals surface area (Å²) in [5, 5.41) is 30.5. The number of fused-ring (bicyclic) bond motifs is 1. The number of piperazine rings is 1. The molecule has 0 spiro atoms. The van der Waals surface area contributed by atoms with Crippen LogP contribution >= 0.6 is 0 Å². The number of β-amino-alcohol motifs (C(OH)–C–C–N with tert-alkyl or cyclic N) is 1. The number of aliphatic hydroxyl groups is 1. The number of rotatable bonds is 6. The largest absolute Gasteiger partial charge is 0.507 e. The molecule has 2 N–H and O–H groups in total. The molecule has 162 valence electrons. The molecule has 1 saturated heterocycles. The summed E-state index contributed by atoms with van der Waals surface area (Å²) in [7, 11) is 0. The Morgan fingerprint density at radius 2 is 1.87 bits per heavy atom. The topological polar surface area (TPSA) is 116 Å². The Bertz CT molecular complexity index is 1040. The number of carbonyl (C=O) groups is 1. The van der Waals surface area contributed by atoms with E-state index in [1.807, 2.05) is 0 Å². The van der Waals surface area contributed by atoms with Crippen molar-refractivity contribution in [1.29, 1.82) is 0 Å². The maximum absolute atomic E-state index is 12.8. The number of nitrogens with zero attached hydrogens (tertiary/aromatic N) is 3. The highest BCUT2D eigenvalue weighted by molar-refractivity contribution is 6.15. The summed E-state index contributed by atoms with van der Waals surface area (Å²) in [6, 6.07) is 8.98. The molecule has 31 heavy (non-hydrogen) atoms. The minimum atomic E-state index is -0.496. The summed E-state index contributed by atoms with van der Waals surface area (Å²) < 4.78 is 5.85. The van der Waals surface area contributed by atoms with Crippen molar-refractivity contribution in [3.05, 3.63) is 69.0 Å². The quantitative estimate of drug-likeness (QED) is 0.410. The highest BCUT2D eigenvalue weighted by Gasteiger charge is 2.32. The smallest absolute Gasteiger partial charge is 0.270 e. The second kappa shape index (κ2) is 8.84. The SMILES string of the molecule is O=C1C(=Cc2cccc([N+](=O)[O-])c2)Oc2c1ccc(O)c2CN1CCN(CCO)CC1. The lowest BCUT2D eigenvalue weighted by atomic mass is 10.0. The number of allylic oxidation sites excluding steroid dienone is 1. The van der Waals surface area contributed by atoms with Gasteiger partial charge in [-0.3, -0.25) is 24.7 Å². The summed E-state index contributed by atoms with van der Waals surface area (Å²) in [6.45, 7) is 4.37. The van der Waals surface area contributed by atoms with Crippen molar-refractivity contribution in [2.45, 2.75) is 6.54 Å². The molecule has 4 rings (SSSR count). The molecule has 2 aliphatic heterocycles. The van der Waals surface area contributed by atoms with Crippen LogP contribution in [0.2, 0.25) is 0 Å². The number of phenols is 1. The number of benzene rings is 2. The van der Waals surface area contributed by atoms with Crippen molar-refractivity contribution in [3.8, 4) is 11.5 Å². The summed E-state index contributed by atoms with van der Waals surface area (Å²) in [6.07, 6.45) is 1.48. The molecule has 0 aliphatic carbocycles. The first-order valence-corrected chi connectivity index (χ1v) is 10.1. The first kappa shape index (κ1) is 21.0. The number of nitro benzene ring substituents is 1. The maximum Gasteiger partial charge on any atom is 0.270 e. The highest BCUT2D eigenvalue weighted by Crippen LogP contribution is 2.40. The van der Waals surface area contributed by atoms with Crippen molar-refractivity contribution in [2.75, 3.05) is 39.3 Å². The second-order valence-electron chi connectivity index (χ2n) is 7.57. The number of ketones is 1. The maximum atomic E-state index is 12.8. The fraction of sp³-hybridized carbons (Fsp3) is 0.318. The first-order chi connectivity index (χ1) is 15.0. The summed E-state index contributed by atoms with van der Waals surface area (Å²) in [4.78, 5) is 27.7. The number of hydrogen-bond acceptors (Lipinski definition) is 8. The Kier molecular flexibility index (Phi) is 5.99. The van der Waals surface area contributed by atoms with Crippen LogP contribution in [-0.2, 0) is 6.54 Å². The lowest BCUT2D eigenvalue weighted by molar-refractivity contribution is -0.384. The number of carbonyl (C=O) groups excluding carboxylic acids is 1. The average Bonchev–Trinajstić information content (AvgIpc) is 3.07. The van der Waals surface area contributed by atoms with Gasteiger partial charge in [0.05, 0.1) is 22.7 Å². The lowest BCUT2D eigenvalue weighted by Gasteiger charge is -2.34. The Morgan fingerprint density at radius 1 is 1.13 bits per heavy atom. The Morgan fingerprint density at radius 3 is 2.58 bits per heavy atom. The zero-order valence-corrected chi connectivity index (χ0v) is 16.9. The van der Waals surface area contributed by atoms with Gasteiger partial charge in [0.1, 0.15) is 11.5 Å². The highest BCUT2D eigenvalue weighted by atomic mass is 16.6. The minimum Gasteiger partial charge on any atom is -0.507 e. The van der Waals surface area contributed by atoms with Crippen LogP contribution in [-0.4, -0.2) is 70.1 Å². The van der Waals surface area contributed by atoms with E-state index in [1.165, 1.54) is 30.3 Å². The average molecular weight is 425 g/mol. The fourth-order valence-electron chi connectivity index (χ4n) is 3.87. The van der Waals surface area contributed by atoms with Crippen LogP contribution in [0, 0.1) is 10.1 Å². The van der Waals surface area contributed by atoms with E-state index < -0.39 is 4.92 Å². The Hall–Kier alpha value is -3.27. The van der Waals surface area contributed by atoms with Gasteiger partial charge < -0.3 is 14.9 Å². The molecule has 0 unspecified atom stereocenters. The van der Waals surface area contributed by atoms with Crippen LogP contribution in [0.4, 0.5) is 5.69 Å². The Balaban J connectivity index is 1.56. The third-order valence-corrected chi connectivity index (χ3v) is 5.56. The number of hydrogen-bond donors (Lipinski definition) is 2. The number of Topliss-reactive ketones (excluding diaryl/α,β-unsaturated/α-hetero) is 1. The zero-order valence-electron chi connectivity index (χ0n) is 16.9. The zero-order chi connectivity index (χ0) is 22.0. The van der Waals surface area contributed by atoms with Gasteiger partial charge in [-0.25, -0.2) is 0 Å². The van der Waals surface area contributed by atoms with Crippen molar-refractivity contribution in [1.82, 2.24) is 9.80 Å². The van der Waals surface area contributed by atoms with E-state index in [9.17, 15) is 20.0 Å². The number of aliphatic hydroxyl groups excluding tert-OH is 1. The van der Waals surface area contributed by atoms with Gasteiger partial charge in [-0.05, 0) is 23.8 Å². The molecule has 0 radical (unpaired) electrons. The molecule has 9 nitrogen and oxygen atoms in total. The number of nitro groups is 1. The summed E-state index contributed by atoms with van der Waals surface area (Å²) in [5.74, 6) is 0.131. The summed E-state index contributed by atoms with van der Waals surface area (Å²) in [5.41, 5.74) is 1.32. The van der Waals surface area contributed by atoms with Crippen molar-refractivity contribution < 1.29 is 24.7 Å². The Labute approximate surface area is 178 Å². The van der Waals surface area contributed by atoms with E-state index in [2.05, 4.69) is 9.80 Å². The molecular weight excluding hydrogens is 402 g/mol. The van der Waals surface area contributed by atoms with Gasteiger partial charge in [0.2, 0.25) is 5.78 Å². The van der Waals surface area contributed by atoms with E-state index in [-0.39, 0.29) is 29.6 Å². The molecule has 2 aromatic carbocycles. The summed E-state index contributed by atoms with van der Waals surface area (Å²) >= 11 is 0. The predicted molar refractivity (Wildman–Crippen MR) is 113 cm³/mol. The standard InChI is InChI=1S/C22H23N3O6/c26-11-10-23-6-8-24(9-7-23)14-18-19(27)5-4-17-21(28)20(31-22(17)18)13-15-2-1-3-16(12-15)25(29)30/h1-5,12-13,26-27H,6-11,14H2. The molecule has 0 amide bonds. The van der Waals surface area contributed by atoms with Crippen molar-refractivity contribution >= 4 is 17.5 Å². The molecular formula is C22H23N3O6. The first-order valence-electron chi connectivity index (χ1n) is 10.1. The second-order valence-corrected chi connectivity index (χ2v) is 7.57. The molecule has 1 fully saturated rings. The van der Waals surface area contributed by atoms with E-state index >= 15 is 0 Å². The molecule has 2 heterocycles. The molecule has 0 saturated carbocycles. The van der Waals surface area contributed by atoms with Gasteiger partial charge in [0, 0.05) is 51.4 Å². The van der Waals surface area contributed by atoms with Crippen molar-refractivity contribution in [3.63, 3.8) is 0 Å². The van der Waals surface area contributed by atoms with Crippen LogP contribution in [0.3, 0.4) is 0 Å². The predicted octanol–water partition coefficient (Wildman–Crippen LogP) is 2.03. The number of non-ortho nitro benzene ring substituents is 1. The number of aromatic hydroxyl groups is 1. The fourth-order valence-corrected chi connectivity index (χ4v) is 3.87.